The van der Waals surface area contributed by atoms with E-state index < -0.39 is 0 Å². The second kappa shape index (κ2) is 4.37. The van der Waals surface area contributed by atoms with Gasteiger partial charge < -0.3 is 10.5 Å². The number of aromatic nitrogens is 2. The first-order chi connectivity index (χ1) is 7.70. The molecule has 0 saturated heterocycles. The summed E-state index contributed by atoms with van der Waals surface area (Å²) in [6.07, 6.45) is 1.47. The molecular weight excluding hydrogens is 226 g/mol. The number of methoxy groups -OCH3 is 1. The molecule has 0 spiro atoms. The normalized spacial score (nSPS) is 10.1. The molecule has 2 N–H and O–H groups in total. The molecule has 1 aromatic carbocycles. The van der Waals surface area contributed by atoms with Crippen LogP contribution in [0.15, 0.2) is 30.5 Å². The fourth-order valence-corrected chi connectivity index (χ4v) is 1.51. The molecule has 0 atom stereocenters. The van der Waals surface area contributed by atoms with Gasteiger partial charge in [-0.25, -0.2) is 9.97 Å². The number of rotatable bonds is 2. The zero-order chi connectivity index (χ0) is 11.5. The summed E-state index contributed by atoms with van der Waals surface area (Å²) in [6.45, 7) is 0. The molecule has 5 heteroatoms. The predicted molar refractivity (Wildman–Crippen MR) is 63.4 cm³/mol. The first-order valence-corrected chi connectivity index (χ1v) is 5.01. The lowest BCUT2D eigenvalue weighted by Gasteiger charge is -2.05. The monoisotopic (exact) mass is 235 g/mol. The zero-order valence-corrected chi connectivity index (χ0v) is 9.40. The van der Waals surface area contributed by atoms with Crippen molar-refractivity contribution in [2.24, 2.45) is 0 Å². The van der Waals surface area contributed by atoms with Crippen molar-refractivity contribution >= 4 is 17.4 Å². The van der Waals surface area contributed by atoms with Crippen molar-refractivity contribution in [1.82, 2.24) is 9.97 Å². The lowest BCUT2D eigenvalue weighted by atomic mass is 10.1. The maximum absolute atomic E-state index is 5.75. The number of nitrogen functional groups attached to an aromatic ring is 1. The second-order valence-electron chi connectivity index (χ2n) is 3.16. The van der Waals surface area contributed by atoms with Gasteiger partial charge in [0.2, 0.25) is 0 Å². The van der Waals surface area contributed by atoms with Gasteiger partial charge in [0.1, 0.15) is 16.6 Å². The molecule has 1 heterocycles. The van der Waals surface area contributed by atoms with Crippen LogP contribution in [0, 0.1) is 0 Å². The summed E-state index contributed by atoms with van der Waals surface area (Å²) in [5, 5.41) is 0.282. The quantitative estimate of drug-likeness (QED) is 0.868. The van der Waals surface area contributed by atoms with Gasteiger partial charge in [-0.2, -0.15) is 0 Å². The van der Waals surface area contributed by atoms with Gasteiger partial charge in [0.05, 0.1) is 13.3 Å². The molecule has 1 aromatic heterocycles. The van der Waals surface area contributed by atoms with Crippen molar-refractivity contribution < 1.29 is 4.74 Å². The van der Waals surface area contributed by atoms with Crippen molar-refractivity contribution in [3.63, 3.8) is 0 Å². The first-order valence-electron chi connectivity index (χ1n) is 4.63. The highest BCUT2D eigenvalue weighted by Gasteiger charge is 2.07. The molecule has 0 fully saturated rings. The van der Waals surface area contributed by atoms with Gasteiger partial charge in [-0.15, -0.1) is 0 Å². The molecule has 82 valence electrons. The molecule has 16 heavy (non-hydrogen) atoms. The van der Waals surface area contributed by atoms with Gasteiger partial charge in [0, 0.05) is 5.56 Å². The predicted octanol–water partition coefficient (Wildman–Crippen LogP) is 2.39. The molecule has 0 saturated carbocycles. The molecule has 0 aliphatic carbocycles. The Hall–Kier alpha value is -1.81. The Morgan fingerprint density at radius 3 is 2.88 bits per heavy atom. The molecule has 0 aliphatic heterocycles. The Labute approximate surface area is 98.0 Å². The van der Waals surface area contributed by atoms with Crippen LogP contribution < -0.4 is 10.5 Å². The Morgan fingerprint density at radius 1 is 1.38 bits per heavy atom. The summed E-state index contributed by atoms with van der Waals surface area (Å²) in [4.78, 5) is 8.09. The number of hydrogen-bond donors (Lipinski definition) is 1. The minimum atomic E-state index is 0.282. The summed E-state index contributed by atoms with van der Waals surface area (Å²) in [5.41, 5.74) is 7.19. The number of anilines is 1. The topological polar surface area (TPSA) is 61.0 Å². The van der Waals surface area contributed by atoms with E-state index in [1.165, 1.54) is 6.20 Å². The largest absolute Gasteiger partial charge is 0.497 e. The van der Waals surface area contributed by atoms with Crippen LogP contribution in [0.25, 0.3) is 11.3 Å². The number of halogens is 1. The standard InChI is InChI=1S/C11H10ClN3O/c1-16-8-4-2-3-7(5-8)10-11(13)15-9(12)6-14-10/h2-6H,1H3,(H2,13,15). The van der Waals surface area contributed by atoms with E-state index in [0.29, 0.717) is 11.5 Å². The van der Waals surface area contributed by atoms with E-state index in [-0.39, 0.29) is 5.15 Å². The molecule has 0 radical (unpaired) electrons. The van der Waals surface area contributed by atoms with Crippen LogP contribution in [0.2, 0.25) is 5.15 Å². The highest BCUT2D eigenvalue weighted by atomic mass is 35.5. The number of ether oxygens (including phenoxy) is 1. The SMILES string of the molecule is COc1cccc(-c2ncc(Cl)nc2N)c1. The minimum absolute atomic E-state index is 0.282. The lowest BCUT2D eigenvalue weighted by Crippen LogP contribution is -1.97. The van der Waals surface area contributed by atoms with Crippen LogP contribution in [0.4, 0.5) is 5.82 Å². The van der Waals surface area contributed by atoms with E-state index in [0.717, 1.165) is 11.3 Å². The number of benzene rings is 1. The van der Waals surface area contributed by atoms with Crippen LogP contribution in [0.1, 0.15) is 0 Å². The number of hydrogen-bond acceptors (Lipinski definition) is 4. The third-order valence-electron chi connectivity index (χ3n) is 2.11. The molecule has 0 unspecified atom stereocenters. The summed E-state index contributed by atoms with van der Waals surface area (Å²) in [7, 11) is 1.61. The summed E-state index contributed by atoms with van der Waals surface area (Å²) in [5.74, 6) is 1.05. The van der Waals surface area contributed by atoms with Crippen LogP contribution in [-0.2, 0) is 0 Å². The van der Waals surface area contributed by atoms with E-state index in [4.69, 9.17) is 22.1 Å². The zero-order valence-electron chi connectivity index (χ0n) is 8.64. The van der Waals surface area contributed by atoms with Crippen molar-refractivity contribution in [2.75, 3.05) is 12.8 Å². The van der Waals surface area contributed by atoms with Gasteiger partial charge in [-0.1, -0.05) is 23.7 Å². The maximum atomic E-state index is 5.75. The molecule has 0 amide bonds. The molecule has 2 aromatic rings. The van der Waals surface area contributed by atoms with Crippen LogP contribution in [0.5, 0.6) is 5.75 Å². The van der Waals surface area contributed by atoms with Gasteiger partial charge in [0.15, 0.2) is 5.82 Å². The Bertz CT molecular complexity index is 516. The molecule has 2 rings (SSSR count). The van der Waals surface area contributed by atoms with Crippen molar-refractivity contribution in [3.8, 4) is 17.0 Å². The highest BCUT2D eigenvalue weighted by Crippen LogP contribution is 2.26. The number of nitrogens with two attached hydrogens (primary N) is 1. The first kappa shape index (κ1) is 10.7. The van der Waals surface area contributed by atoms with Crippen LogP contribution in [-0.4, -0.2) is 17.1 Å². The van der Waals surface area contributed by atoms with Crippen molar-refractivity contribution in [2.45, 2.75) is 0 Å². The van der Waals surface area contributed by atoms with Crippen LogP contribution in [0.3, 0.4) is 0 Å². The average molecular weight is 236 g/mol. The van der Waals surface area contributed by atoms with E-state index in [1.807, 2.05) is 24.3 Å². The lowest BCUT2D eigenvalue weighted by molar-refractivity contribution is 0.415. The molecule has 0 aliphatic rings. The third-order valence-corrected chi connectivity index (χ3v) is 2.30. The fraction of sp³-hybridized carbons (Fsp3) is 0.0909. The second-order valence-corrected chi connectivity index (χ2v) is 3.55. The Morgan fingerprint density at radius 2 is 2.19 bits per heavy atom. The van der Waals surface area contributed by atoms with E-state index in [9.17, 15) is 0 Å². The van der Waals surface area contributed by atoms with Gasteiger partial charge in [-0.3, -0.25) is 0 Å². The van der Waals surface area contributed by atoms with E-state index in [1.54, 1.807) is 7.11 Å². The van der Waals surface area contributed by atoms with Gasteiger partial charge >= 0.3 is 0 Å². The Balaban J connectivity index is 2.49. The summed E-state index contributed by atoms with van der Waals surface area (Å²) in [6, 6.07) is 7.44. The number of nitrogens with zero attached hydrogens (tertiary/aromatic N) is 2. The van der Waals surface area contributed by atoms with Crippen LogP contribution >= 0.6 is 11.6 Å². The smallest absolute Gasteiger partial charge is 0.151 e. The van der Waals surface area contributed by atoms with Gasteiger partial charge in [-0.05, 0) is 12.1 Å². The fourth-order valence-electron chi connectivity index (χ4n) is 1.37. The summed E-state index contributed by atoms with van der Waals surface area (Å²) >= 11 is 5.68. The Kier molecular flexibility index (Phi) is 2.92. The maximum Gasteiger partial charge on any atom is 0.151 e. The van der Waals surface area contributed by atoms with E-state index >= 15 is 0 Å². The molecule has 4 nitrogen and oxygen atoms in total. The summed E-state index contributed by atoms with van der Waals surface area (Å²) < 4.78 is 5.12. The van der Waals surface area contributed by atoms with Gasteiger partial charge in [0.25, 0.3) is 0 Å². The molecular formula is C11H10ClN3O. The third kappa shape index (κ3) is 2.06. The molecule has 0 bridgehead atoms. The van der Waals surface area contributed by atoms with Crippen molar-refractivity contribution in [1.29, 1.82) is 0 Å². The minimum Gasteiger partial charge on any atom is -0.497 e. The van der Waals surface area contributed by atoms with Crippen molar-refractivity contribution in [3.05, 3.63) is 35.6 Å². The van der Waals surface area contributed by atoms with E-state index in [2.05, 4.69) is 9.97 Å². The highest BCUT2D eigenvalue weighted by molar-refractivity contribution is 6.29. The average Bonchev–Trinajstić information content (AvgIpc) is 2.29.